The Labute approximate surface area is 109 Å². The molecule has 0 spiro atoms. The van der Waals surface area contributed by atoms with E-state index in [1.807, 2.05) is 16.7 Å². The lowest BCUT2D eigenvalue weighted by Crippen LogP contribution is -2.41. The average Bonchev–Trinajstić information content (AvgIpc) is 2.27. The minimum absolute atomic E-state index is 0.147. The molecular weight excluding hydrogens is 255 g/mol. The molecule has 0 saturated carbocycles. The van der Waals surface area contributed by atoms with Crippen LogP contribution in [0.2, 0.25) is 0 Å². The van der Waals surface area contributed by atoms with E-state index in [1.165, 1.54) is 12.3 Å². The molecule has 2 atom stereocenters. The summed E-state index contributed by atoms with van der Waals surface area (Å²) in [6.45, 7) is 5.52. The topological polar surface area (TPSA) is 53.4 Å². The molecule has 1 saturated heterocycles. The molecule has 6 heteroatoms. The number of carboxylic acid groups (broad SMARTS) is 1. The van der Waals surface area contributed by atoms with Gasteiger partial charge in [0.05, 0.1) is 0 Å². The number of hydrogen-bond donors (Lipinski definition) is 1. The molecule has 1 aromatic rings. The van der Waals surface area contributed by atoms with Crippen LogP contribution in [0.15, 0.2) is 12.3 Å². The number of carboxylic acids is 1. The van der Waals surface area contributed by atoms with Gasteiger partial charge in [0.2, 0.25) is 0 Å². The monoisotopic (exact) mass is 270 g/mol. The number of anilines is 1. The molecule has 1 aliphatic heterocycles. The summed E-state index contributed by atoms with van der Waals surface area (Å²) in [5, 5.41) is 9.66. The lowest BCUT2D eigenvalue weighted by molar-refractivity contribution is 0.0691. The zero-order valence-corrected chi connectivity index (χ0v) is 11.1. The molecule has 1 fully saturated rings. The third kappa shape index (κ3) is 2.58. The average molecular weight is 270 g/mol. The standard InChI is InChI=1S/C12H15FN2O2S/c1-7-5-15(6-8(2)18-7)11-10(13)9(12(16)17)3-4-14-11/h3-4,7-8H,5-6H2,1-2H3,(H,16,17). The number of halogens is 1. The molecule has 2 rings (SSSR count). The molecule has 2 unspecified atom stereocenters. The molecule has 0 aliphatic carbocycles. The van der Waals surface area contributed by atoms with Crippen molar-refractivity contribution in [3.05, 3.63) is 23.6 Å². The number of pyridine rings is 1. The highest BCUT2D eigenvalue weighted by molar-refractivity contribution is 8.00. The molecule has 98 valence electrons. The second-order valence-corrected chi connectivity index (χ2v) is 6.35. The minimum Gasteiger partial charge on any atom is -0.478 e. The first kappa shape index (κ1) is 13.1. The highest BCUT2D eigenvalue weighted by Crippen LogP contribution is 2.29. The Hall–Kier alpha value is -1.30. The molecule has 0 aromatic carbocycles. The van der Waals surface area contributed by atoms with Crippen LogP contribution in [0, 0.1) is 5.82 Å². The van der Waals surface area contributed by atoms with E-state index >= 15 is 0 Å². The van der Waals surface area contributed by atoms with Gasteiger partial charge in [0, 0.05) is 29.8 Å². The highest BCUT2D eigenvalue weighted by Gasteiger charge is 2.27. The second kappa shape index (κ2) is 5.14. The lowest BCUT2D eigenvalue weighted by atomic mass is 10.2. The third-order valence-electron chi connectivity index (χ3n) is 2.82. The summed E-state index contributed by atoms with van der Waals surface area (Å²) in [6, 6.07) is 1.19. The van der Waals surface area contributed by atoms with E-state index in [2.05, 4.69) is 18.8 Å². The van der Waals surface area contributed by atoms with Crippen LogP contribution in [-0.2, 0) is 0 Å². The number of rotatable bonds is 2. The molecule has 0 radical (unpaired) electrons. The molecule has 1 N–H and O–H groups in total. The van der Waals surface area contributed by atoms with Gasteiger partial charge in [-0.25, -0.2) is 14.2 Å². The number of thioether (sulfide) groups is 1. The largest absolute Gasteiger partial charge is 0.478 e. The number of nitrogens with zero attached hydrogens (tertiary/aromatic N) is 2. The molecule has 4 nitrogen and oxygen atoms in total. The number of aromatic carboxylic acids is 1. The summed E-state index contributed by atoms with van der Waals surface area (Å²) in [7, 11) is 0. The fourth-order valence-corrected chi connectivity index (χ4v) is 3.49. The van der Waals surface area contributed by atoms with Crippen LogP contribution in [0.5, 0.6) is 0 Å². The van der Waals surface area contributed by atoms with E-state index in [0.29, 0.717) is 23.6 Å². The van der Waals surface area contributed by atoms with Gasteiger partial charge in [-0.3, -0.25) is 0 Å². The molecule has 2 heterocycles. The number of hydrogen-bond acceptors (Lipinski definition) is 4. The number of carbonyl (C=O) groups is 1. The van der Waals surface area contributed by atoms with Gasteiger partial charge in [0.25, 0.3) is 0 Å². The molecule has 0 bridgehead atoms. The van der Waals surface area contributed by atoms with E-state index in [1.54, 1.807) is 0 Å². The maximum absolute atomic E-state index is 14.1. The van der Waals surface area contributed by atoms with Crippen molar-refractivity contribution in [2.75, 3.05) is 18.0 Å². The second-order valence-electron chi connectivity index (χ2n) is 4.46. The summed E-state index contributed by atoms with van der Waals surface area (Å²) in [4.78, 5) is 16.7. The van der Waals surface area contributed by atoms with Gasteiger partial charge in [-0.05, 0) is 6.07 Å². The van der Waals surface area contributed by atoms with Gasteiger partial charge in [-0.1, -0.05) is 13.8 Å². The lowest BCUT2D eigenvalue weighted by Gasteiger charge is -2.35. The van der Waals surface area contributed by atoms with E-state index in [9.17, 15) is 9.18 Å². The zero-order chi connectivity index (χ0) is 13.3. The summed E-state index contributed by atoms with van der Waals surface area (Å²) in [5.41, 5.74) is -0.321. The summed E-state index contributed by atoms with van der Waals surface area (Å²) < 4.78 is 14.1. The predicted molar refractivity (Wildman–Crippen MR) is 69.9 cm³/mol. The van der Waals surface area contributed by atoms with Crippen molar-refractivity contribution in [2.24, 2.45) is 0 Å². The fraction of sp³-hybridized carbons (Fsp3) is 0.500. The number of aromatic nitrogens is 1. The Morgan fingerprint density at radius 3 is 2.67 bits per heavy atom. The fourth-order valence-electron chi connectivity index (χ4n) is 2.17. The quantitative estimate of drug-likeness (QED) is 0.893. The Balaban J connectivity index is 2.33. The van der Waals surface area contributed by atoms with Crippen molar-refractivity contribution in [1.82, 2.24) is 4.98 Å². The van der Waals surface area contributed by atoms with E-state index in [4.69, 9.17) is 5.11 Å². The van der Waals surface area contributed by atoms with Gasteiger partial charge < -0.3 is 10.0 Å². The summed E-state index contributed by atoms with van der Waals surface area (Å²) >= 11 is 1.85. The van der Waals surface area contributed by atoms with E-state index < -0.39 is 11.8 Å². The van der Waals surface area contributed by atoms with Crippen LogP contribution >= 0.6 is 11.8 Å². The van der Waals surface area contributed by atoms with Gasteiger partial charge in [-0.2, -0.15) is 11.8 Å². The van der Waals surface area contributed by atoms with Crippen molar-refractivity contribution in [3.63, 3.8) is 0 Å². The maximum Gasteiger partial charge on any atom is 0.338 e. The third-order valence-corrected chi connectivity index (χ3v) is 4.05. The van der Waals surface area contributed by atoms with Crippen molar-refractivity contribution >= 4 is 23.5 Å². The Morgan fingerprint density at radius 1 is 1.50 bits per heavy atom. The minimum atomic E-state index is -1.26. The smallest absolute Gasteiger partial charge is 0.338 e. The van der Waals surface area contributed by atoms with Crippen LogP contribution in [0.3, 0.4) is 0 Å². The van der Waals surface area contributed by atoms with Gasteiger partial charge >= 0.3 is 5.97 Å². The van der Waals surface area contributed by atoms with Crippen LogP contribution < -0.4 is 4.90 Å². The molecule has 1 aliphatic rings. The Morgan fingerprint density at radius 2 is 2.11 bits per heavy atom. The van der Waals surface area contributed by atoms with Crippen molar-refractivity contribution < 1.29 is 14.3 Å². The van der Waals surface area contributed by atoms with Crippen LogP contribution in [-0.4, -0.2) is 39.6 Å². The highest BCUT2D eigenvalue weighted by atomic mass is 32.2. The van der Waals surface area contributed by atoms with Gasteiger partial charge in [-0.15, -0.1) is 0 Å². The first-order valence-corrected chi connectivity index (χ1v) is 6.71. The van der Waals surface area contributed by atoms with Crippen molar-refractivity contribution in [3.8, 4) is 0 Å². The van der Waals surface area contributed by atoms with Crippen molar-refractivity contribution in [1.29, 1.82) is 0 Å². The van der Waals surface area contributed by atoms with Crippen LogP contribution in [0.1, 0.15) is 24.2 Å². The zero-order valence-electron chi connectivity index (χ0n) is 10.3. The van der Waals surface area contributed by atoms with Gasteiger partial charge in [0.1, 0.15) is 5.56 Å². The predicted octanol–water partition coefficient (Wildman–Crippen LogP) is 2.25. The molecule has 18 heavy (non-hydrogen) atoms. The van der Waals surface area contributed by atoms with Crippen molar-refractivity contribution in [2.45, 2.75) is 24.3 Å². The summed E-state index contributed by atoms with van der Waals surface area (Å²) in [5.74, 6) is -1.85. The molecule has 0 amide bonds. The molecular formula is C12H15FN2O2S. The van der Waals surface area contributed by atoms with E-state index in [-0.39, 0.29) is 11.4 Å². The SMILES string of the molecule is CC1CN(c2nccc(C(=O)O)c2F)CC(C)S1. The van der Waals surface area contributed by atoms with Crippen LogP contribution in [0.25, 0.3) is 0 Å². The summed E-state index contributed by atoms with van der Waals surface area (Å²) in [6.07, 6.45) is 1.35. The van der Waals surface area contributed by atoms with Crippen LogP contribution in [0.4, 0.5) is 10.2 Å². The maximum atomic E-state index is 14.1. The molecule has 1 aromatic heterocycles. The Bertz CT molecular complexity index is 459. The Kier molecular flexibility index (Phi) is 3.75. The van der Waals surface area contributed by atoms with Gasteiger partial charge in [0.15, 0.2) is 11.6 Å². The normalized spacial score (nSPS) is 24.1. The van der Waals surface area contributed by atoms with E-state index in [0.717, 1.165) is 0 Å². The first-order valence-electron chi connectivity index (χ1n) is 5.77. The first-order chi connectivity index (χ1) is 8.49.